The number of amides is 3. The van der Waals surface area contributed by atoms with Crippen molar-refractivity contribution < 1.29 is 19.4 Å². The molecule has 218 valence electrons. The van der Waals surface area contributed by atoms with Crippen molar-refractivity contribution in [1.82, 2.24) is 9.80 Å². The molecule has 0 unspecified atom stereocenters. The molecule has 0 spiro atoms. The van der Waals surface area contributed by atoms with E-state index in [4.69, 9.17) is 27.9 Å². The Kier molecular flexibility index (Phi) is 10.5. The summed E-state index contributed by atoms with van der Waals surface area (Å²) in [6, 6.07) is 19.3. The zero-order chi connectivity index (χ0) is 29.5. The number of aliphatic hydroxyl groups excluding tert-OH is 1. The molecule has 3 aromatic rings. The van der Waals surface area contributed by atoms with Gasteiger partial charge in [0.1, 0.15) is 11.9 Å². The smallest absolute Gasteiger partial charge is 0.323 e. The van der Waals surface area contributed by atoms with E-state index in [2.05, 4.69) is 22.5 Å². The van der Waals surface area contributed by atoms with Crippen LogP contribution in [0.15, 0.2) is 66.7 Å². The van der Waals surface area contributed by atoms with Crippen molar-refractivity contribution >= 4 is 46.5 Å². The lowest BCUT2D eigenvalue weighted by molar-refractivity contribution is -0.134. The highest BCUT2D eigenvalue weighted by Crippen LogP contribution is 2.30. The van der Waals surface area contributed by atoms with Gasteiger partial charge >= 0.3 is 6.03 Å². The van der Waals surface area contributed by atoms with Crippen molar-refractivity contribution in [1.29, 1.82) is 0 Å². The van der Waals surface area contributed by atoms with Crippen LogP contribution < -0.4 is 15.4 Å². The minimum Gasteiger partial charge on any atom is -0.488 e. The average Bonchev–Trinajstić information content (AvgIpc) is 2.98. The van der Waals surface area contributed by atoms with Gasteiger partial charge in [0, 0.05) is 42.5 Å². The first kappa shape index (κ1) is 30.7. The van der Waals surface area contributed by atoms with Gasteiger partial charge in [-0.1, -0.05) is 54.4 Å². The number of likely N-dealkylation sites (N-methyl/N-ethyl adjacent to an activating group) is 1. The lowest BCUT2D eigenvalue weighted by atomic mass is 10.0. The number of para-hydroxylation sites is 1. The molecule has 4 rings (SSSR count). The van der Waals surface area contributed by atoms with Gasteiger partial charge in [0.2, 0.25) is 5.91 Å². The van der Waals surface area contributed by atoms with Crippen molar-refractivity contribution in [2.45, 2.75) is 39.0 Å². The predicted octanol–water partition coefficient (Wildman–Crippen LogP) is 5.92. The second-order valence-corrected chi connectivity index (χ2v) is 11.4. The number of nitrogens with one attached hydrogen (secondary N) is 2. The summed E-state index contributed by atoms with van der Waals surface area (Å²) in [4.78, 5) is 29.9. The van der Waals surface area contributed by atoms with Crippen molar-refractivity contribution in [3.8, 4) is 5.75 Å². The number of halogens is 2. The molecule has 0 fully saturated rings. The van der Waals surface area contributed by atoms with Crippen LogP contribution in [-0.2, 0) is 17.8 Å². The van der Waals surface area contributed by atoms with E-state index >= 15 is 0 Å². The highest BCUT2D eigenvalue weighted by atomic mass is 35.5. The lowest BCUT2D eigenvalue weighted by Crippen LogP contribution is -2.47. The first-order valence-electron chi connectivity index (χ1n) is 13.6. The maximum atomic E-state index is 13.5. The van der Waals surface area contributed by atoms with Crippen LogP contribution >= 0.6 is 23.2 Å². The number of anilines is 2. The third kappa shape index (κ3) is 8.36. The Labute approximate surface area is 251 Å². The first-order valence-corrected chi connectivity index (χ1v) is 14.3. The Bertz CT molecular complexity index is 1360. The van der Waals surface area contributed by atoms with E-state index in [-0.39, 0.29) is 37.0 Å². The zero-order valence-electron chi connectivity index (χ0n) is 23.4. The summed E-state index contributed by atoms with van der Waals surface area (Å²) < 4.78 is 6.59. The maximum absolute atomic E-state index is 13.5. The summed E-state index contributed by atoms with van der Waals surface area (Å²) in [5.74, 6) is 0.439. The molecule has 1 aliphatic rings. The molecule has 0 aliphatic carbocycles. The number of rotatable bonds is 8. The lowest BCUT2D eigenvalue weighted by Gasteiger charge is -2.34. The highest BCUT2D eigenvalue weighted by molar-refractivity contribution is 6.42. The molecule has 1 heterocycles. The summed E-state index contributed by atoms with van der Waals surface area (Å²) in [6.07, 6.45) is -0.186. The van der Waals surface area contributed by atoms with Crippen LogP contribution in [0.1, 0.15) is 25.0 Å². The van der Waals surface area contributed by atoms with E-state index in [9.17, 15) is 14.7 Å². The SMILES string of the molecule is C[C@H](CO)N1C[C@H](C)[C@@H](CN(C)Cc2ccc(Cl)c(Cl)c2)Oc2ccc(NC(=O)Nc3ccccc3)cc2CC1=O. The van der Waals surface area contributed by atoms with Crippen LogP contribution in [0.4, 0.5) is 16.2 Å². The van der Waals surface area contributed by atoms with E-state index < -0.39 is 6.03 Å². The third-order valence-electron chi connectivity index (χ3n) is 7.13. The fourth-order valence-electron chi connectivity index (χ4n) is 4.86. The number of benzene rings is 3. The van der Waals surface area contributed by atoms with Crippen molar-refractivity contribution in [2.75, 3.05) is 37.4 Å². The summed E-state index contributed by atoms with van der Waals surface area (Å²) in [5.41, 5.74) is 2.89. The van der Waals surface area contributed by atoms with Gasteiger partial charge in [-0.2, -0.15) is 0 Å². The van der Waals surface area contributed by atoms with Gasteiger partial charge in [-0.15, -0.1) is 0 Å². The second kappa shape index (κ2) is 14.0. The number of carbonyl (C=O) groups excluding carboxylic acids is 2. The third-order valence-corrected chi connectivity index (χ3v) is 7.87. The fraction of sp³-hybridized carbons (Fsp3) is 0.355. The second-order valence-electron chi connectivity index (χ2n) is 10.6. The first-order chi connectivity index (χ1) is 19.6. The molecule has 0 bridgehead atoms. The number of hydrogen-bond acceptors (Lipinski definition) is 5. The van der Waals surface area contributed by atoms with E-state index in [1.165, 1.54) is 0 Å². The van der Waals surface area contributed by atoms with Crippen LogP contribution in [0.2, 0.25) is 10.0 Å². The standard InChI is InChI=1S/C31H36Cl2N4O4/c1-20-16-37(21(2)19-38)30(39)15-23-14-25(35-31(40)34-24-7-5-4-6-8-24)10-12-28(23)41-29(20)18-36(3)17-22-9-11-26(32)27(33)13-22/h4-14,20-21,29,38H,15-19H2,1-3H3,(H2,34,35,40)/t20-,21+,29+/m0/s1. The van der Waals surface area contributed by atoms with E-state index in [1.54, 1.807) is 41.3 Å². The fourth-order valence-corrected chi connectivity index (χ4v) is 5.18. The number of aliphatic hydroxyl groups is 1. The zero-order valence-corrected chi connectivity index (χ0v) is 25.0. The van der Waals surface area contributed by atoms with Gasteiger partial charge in [-0.05, 0) is 62.0 Å². The highest BCUT2D eigenvalue weighted by Gasteiger charge is 2.31. The number of fused-ring (bicyclic) bond motifs is 1. The topological polar surface area (TPSA) is 94.1 Å². The molecule has 3 amide bonds. The minimum absolute atomic E-state index is 0.0374. The van der Waals surface area contributed by atoms with Crippen LogP contribution in [0.25, 0.3) is 0 Å². The Morgan fingerprint density at radius 2 is 1.80 bits per heavy atom. The number of nitrogens with zero attached hydrogens (tertiary/aromatic N) is 2. The van der Waals surface area contributed by atoms with Crippen molar-refractivity contribution in [2.24, 2.45) is 5.92 Å². The Morgan fingerprint density at radius 3 is 2.51 bits per heavy atom. The van der Waals surface area contributed by atoms with Gasteiger partial charge in [-0.25, -0.2) is 4.79 Å². The average molecular weight is 600 g/mol. The summed E-state index contributed by atoms with van der Waals surface area (Å²) in [6.45, 7) is 5.39. The van der Waals surface area contributed by atoms with Crippen molar-refractivity contribution in [3.63, 3.8) is 0 Å². The van der Waals surface area contributed by atoms with E-state index in [0.29, 0.717) is 52.4 Å². The van der Waals surface area contributed by atoms with Crippen molar-refractivity contribution in [3.05, 3.63) is 87.9 Å². The molecule has 1 aliphatic heterocycles. The van der Waals surface area contributed by atoms with Gasteiger partial charge in [0.25, 0.3) is 0 Å². The quantitative estimate of drug-likeness (QED) is 0.299. The molecule has 10 heteroatoms. The van der Waals surface area contributed by atoms with E-state index in [1.807, 2.05) is 44.3 Å². The van der Waals surface area contributed by atoms with E-state index in [0.717, 1.165) is 5.56 Å². The van der Waals surface area contributed by atoms with Crippen LogP contribution in [0.5, 0.6) is 5.75 Å². The molecular weight excluding hydrogens is 563 g/mol. The van der Waals surface area contributed by atoms with Crippen LogP contribution in [-0.4, -0.2) is 65.7 Å². The molecule has 3 aromatic carbocycles. The molecule has 3 N–H and O–H groups in total. The molecule has 0 saturated carbocycles. The molecular formula is C31H36Cl2N4O4. The molecule has 3 atom stereocenters. The Morgan fingerprint density at radius 1 is 1.07 bits per heavy atom. The summed E-state index contributed by atoms with van der Waals surface area (Å²) in [7, 11) is 2.00. The molecule has 0 aromatic heterocycles. The Hall–Kier alpha value is -3.30. The molecule has 8 nitrogen and oxygen atoms in total. The van der Waals surface area contributed by atoms with Gasteiger partial charge in [0.05, 0.1) is 29.1 Å². The maximum Gasteiger partial charge on any atom is 0.323 e. The van der Waals surface area contributed by atoms with Gasteiger partial charge in [0.15, 0.2) is 0 Å². The monoisotopic (exact) mass is 598 g/mol. The van der Waals surface area contributed by atoms with Crippen LogP contribution in [0, 0.1) is 5.92 Å². The predicted molar refractivity (Wildman–Crippen MR) is 164 cm³/mol. The molecule has 0 saturated heterocycles. The molecule has 0 radical (unpaired) electrons. The number of carbonyl (C=O) groups is 2. The Balaban J connectivity index is 1.56. The number of hydrogen-bond donors (Lipinski definition) is 3. The van der Waals surface area contributed by atoms with Crippen LogP contribution in [0.3, 0.4) is 0 Å². The number of urea groups is 1. The minimum atomic E-state index is -0.391. The normalized spacial score (nSPS) is 18.0. The molecule has 41 heavy (non-hydrogen) atoms. The van der Waals surface area contributed by atoms with Gasteiger partial charge in [-0.3, -0.25) is 9.69 Å². The van der Waals surface area contributed by atoms with Gasteiger partial charge < -0.3 is 25.4 Å². The summed E-state index contributed by atoms with van der Waals surface area (Å²) >= 11 is 12.3. The largest absolute Gasteiger partial charge is 0.488 e. The summed E-state index contributed by atoms with van der Waals surface area (Å²) in [5, 5.41) is 16.5. The number of ether oxygens (including phenoxy) is 1.